The van der Waals surface area contributed by atoms with E-state index in [1.165, 1.54) is 12.1 Å². The van der Waals surface area contributed by atoms with Crippen LogP contribution in [0.2, 0.25) is 0 Å². The number of hydrogen-bond acceptors (Lipinski definition) is 5. The van der Waals surface area contributed by atoms with Gasteiger partial charge in [-0.25, -0.2) is 0 Å². The molecule has 0 fully saturated rings. The molecule has 0 heterocycles. The van der Waals surface area contributed by atoms with Crippen LogP contribution in [0, 0.1) is 0 Å². The molecule has 0 saturated carbocycles. The molecular formula is C11H14BrNO5. The van der Waals surface area contributed by atoms with Crippen LogP contribution in [0.15, 0.2) is 16.6 Å². The molecular weight excluding hydrogens is 306 g/mol. The highest BCUT2D eigenvalue weighted by molar-refractivity contribution is 9.10. The van der Waals surface area contributed by atoms with Gasteiger partial charge in [-0.15, -0.1) is 0 Å². The zero-order chi connectivity index (χ0) is 13.9. The lowest BCUT2D eigenvalue weighted by Gasteiger charge is -2.17. The van der Waals surface area contributed by atoms with Crippen molar-refractivity contribution in [3.05, 3.63) is 22.2 Å². The highest BCUT2D eigenvalue weighted by Crippen LogP contribution is 2.37. The number of carbonyl (C=O) groups excluding carboxylic acids is 1. The molecule has 1 aromatic rings. The van der Waals surface area contributed by atoms with Crippen LogP contribution in [0.25, 0.3) is 0 Å². The van der Waals surface area contributed by atoms with E-state index >= 15 is 0 Å². The topological polar surface area (TPSA) is 113 Å². The Morgan fingerprint density at radius 1 is 1.50 bits per heavy atom. The Kier molecular flexibility index (Phi) is 4.94. The van der Waals surface area contributed by atoms with Crippen LogP contribution < -0.4 is 10.5 Å². The molecule has 0 aromatic heterocycles. The summed E-state index contributed by atoms with van der Waals surface area (Å²) in [4.78, 5) is 10.8. The molecule has 18 heavy (non-hydrogen) atoms. The highest BCUT2D eigenvalue weighted by atomic mass is 79.9. The maximum atomic E-state index is 10.8. The molecule has 0 radical (unpaired) electrons. The number of aliphatic hydroxyl groups is 2. The first-order valence-electron chi connectivity index (χ1n) is 5.19. The number of hydrogen-bond donors (Lipinski definition) is 4. The van der Waals surface area contributed by atoms with Crippen LogP contribution in [0.5, 0.6) is 11.5 Å². The molecule has 0 aliphatic rings. The normalized spacial score (nSPS) is 14.0. The Balaban J connectivity index is 3.13. The van der Waals surface area contributed by atoms with Gasteiger partial charge in [0, 0.05) is 0 Å². The standard InChI is InChI=1S/C11H14BrNO5/c1-2-18-7-4-5(3-6(12)9(7)15)8(14)10(16)11(13)17/h3-4,8,10,14-16H,2H2,1H3,(H2,13,17). The molecule has 1 aromatic carbocycles. The van der Waals surface area contributed by atoms with E-state index < -0.39 is 18.1 Å². The summed E-state index contributed by atoms with van der Waals surface area (Å²) in [5.74, 6) is -1.02. The van der Waals surface area contributed by atoms with E-state index in [0.717, 1.165) is 0 Å². The summed E-state index contributed by atoms with van der Waals surface area (Å²) in [5.41, 5.74) is 5.10. The number of carbonyl (C=O) groups is 1. The molecule has 2 atom stereocenters. The molecule has 1 rings (SSSR count). The number of nitrogens with two attached hydrogens (primary N) is 1. The smallest absolute Gasteiger partial charge is 0.249 e. The fourth-order valence-electron chi connectivity index (χ4n) is 1.37. The molecule has 6 nitrogen and oxygen atoms in total. The minimum atomic E-state index is -1.73. The summed E-state index contributed by atoms with van der Waals surface area (Å²) in [6.07, 6.45) is -3.21. The lowest BCUT2D eigenvalue weighted by Crippen LogP contribution is -2.33. The average molecular weight is 320 g/mol. The second-order valence-electron chi connectivity index (χ2n) is 3.57. The van der Waals surface area contributed by atoms with E-state index in [-0.39, 0.29) is 21.5 Å². The molecule has 0 saturated heterocycles. The second-order valence-corrected chi connectivity index (χ2v) is 4.43. The van der Waals surface area contributed by atoms with Crippen molar-refractivity contribution in [3.63, 3.8) is 0 Å². The largest absolute Gasteiger partial charge is 0.503 e. The zero-order valence-corrected chi connectivity index (χ0v) is 11.2. The summed E-state index contributed by atoms with van der Waals surface area (Å²) in [6.45, 7) is 2.05. The number of rotatable bonds is 5. The third-order valence-electron chi connectivity index (χ3n) is 2.28. The average Bonchev–Trinajstić information content (AvgIpc) is 2.32. The number of phenols is 1. The van der Waals surface area contributed by atoms with Crippen molar-refractivity contribution in [2.75, 3.05) is 6.61 Å². The van der Waals surface area contributed by atoms with Gasteiger partial charge in [-0.3, -0.25) is 4.79 Å². The summed E-state index contributed by atoms with van der Waals surface area (Å²) in [6, 6.07) is 2.70. The number of primary amides is 1. The lowest BCUT2D eigenvalue weighted by molar-refractivity contribution is -0.131. The van der Waals surface area contributed by atoms with Crippen molar-refractivity contribution in [1.29, 1.82) is 0 Å². The van der Waals surface area contributed by atoms with Crippen LogP contribution in [0.4, 0.5) is 0 Å². The summed E-state index contributed by atoms with van der Waals surface area (Å²) < 4.78 is 5.44. The number of ether oxygens (including phenoxy) is 1. The first-order chi connectivity index (χ1) is 8.38. The Labute approximate surface area is 112 Å². The van der Waals surface area contributed by atoms with Gasteiger partial charge < -0.3 is 25.8 Å². The Hall–Kier alpha value is -1.31. The van der Waals surface area contributed by atoms with Crippen LogP contribution in [-0.2, 0) is 4.79 Å². The van der Waals surface area contributed by atoms with Crippen molar-refractivity contribution in [3.8, 4) is 11.5 Å². The first-order valence-corrected chi connectivity index (χ1v) is 5.98. The predicted octanol–water partition coefficient (Wildman–Crippen LogP) is 0.433. The van der Waals surface area contributed by atoms with Crippen molar-refractivity contribution < 1.29 is 24.9 Å². The fraction of sp³-hybridized carbons (Fsp3) is 0.364. The monoisotopic (exact) mass is 319 g/mol. The molecule has 0 bridgehead atoms. The summed E-state index contributed by atoms with van der Waals surface area (Å²) >= 11 is 3.08. The zero-order valence-electron chi connectivity index (χ0n) is 9.63. The Morgan fingerprint density at radius 2 is 2.11 bits per heavy atom. The summed E-state index contributed by atoms with van der Waals surface area (Å²) in [7, 11) is 0. The molecule has 0 spiro atoms. The minimum absolute atomic E-state index is 0.124. The van der Waals surface area contributed by atoms with Crippen molar-refractivity contribution in [2.45, 2.75) is 19.1 Å². The van der Waals surface area contributed by atoms with Gasteiger partial charge in [0.05, 0.1) is 11.1 Å². The van der Waals surface area contributed by atoms with Gasteiger partial charge in [0.25, 0.3) is 0 Å². The van der Waals surface area contributed by atoms with E-state index in [9.17, 15) is 20.1 Å². The Bertz CT molecular complexity index is 451. The van der Waals surface area contributed by atoms with E-state index in [1.54, 1.807) is 6.92 Å². The van der Waals surface area contributed by atoms with Crippen molar-refractivity contribution >= 4 is 21.8 Å². The Morgan fingerprint density at radius 3 is 2.61 bits per heavy atom. The number of aliphatic hydroxyl groups excluding tert-OH is 2. The van der Waals surface area contributed by atoms with Crippen LogP contribution in [-0.4, -0.2) is 33.9 Å². The van der Waals surface area contributed by atoms with E-state index in [1.807, 2.05) is 0 Å². The van der Waals surface area contributed by atoms with Gasteiger partial charge in [-0.1, -0.05) is 0 Å². The first kappa shape index (κ1) is 14.7. The summed E-state index contributed by atoms with van der Waals surface area (Å²) in [5, 5.41) is 28.8. The molecule has 1 amide bonds. The number of amides is 1. The van der Waals surface area contributed by atoms with Crippen molar-refractivity contribution in [1.82, 2.24) is 0 Å². The number of aromatic hydroxyl groups is 1. The van der Waals surface area contributed by atoms with E-state index in [4.69, 9.17) is 10.5 Å². The molecule has 100 valence electrons. The van der Waals surface area contributed by atoms with Gasteiger partial charge in [0.1, 0.15) is 6.10 Å². The number of halogens is 1. The molecule has 0 aliphatic carbocycles. The highest BCUT2D eigenvalue weighted by Gasteiger charge is 2.25. The SMILES string of the molecule is CCOc1cc(C(O)C(O)C(N)=O)cc(Br)c1O. The third kappa shape index (κ3) is 3.12. The maximum absolute atomic E-state index is 10.8. The number of phenolic OH excluding ortho intramolecular Hbond substituents is 1. The maximum Gasteiger partial charge on any atom is 0.249 e. The van der Waals surface area contributed by atoms with Gasteiger partial charge in [-0.05, 0) is 40.5 Å². The molecule has 7 heteroatoms. The number of benzene rings is 1. The van der Waals surface area contributed by atoms with Crippen molar-refractivity contribution in [2.24, 2.45) is 5.73 Å². The minimum Gasteiger partial charge on any atom is -0.503 e. The molecule has 5 N–H and O–H groups in total. The fourth-order valence-corrected chi connectivity index (χ4v) is 1.83. The third-order valence-corrected chi connectivity index (χ3v) is 2.89. The van der Waals surface area contributed by atoms with Gasteiger partial charge >= 0.3 is 0 Å². The van der Waals surface area contributed by atoms with Crippen LogP contribution >= 0.6 is 15.9 Å². The van der Waals surface area contributed by atoms with Gasteiger partial charge in [0.15, 0.2) is 17.6 Å². The van der Waals surface area contributed by atoms with Gasteiger partial charge in [0.2, 0.25) is 5.91 Å². The predicted molar refractivity (Wildman–Crippen MR) is 67.1 cm³/mol. The van der Waals surface area contributed by atoms with E-state index in [0.29, 0.717) is 6.61 Å². The van der Waals surface area contributed by atoms with E-state index in [2.05, 4.69) is 15.9 Å². The quantitative estimate of drug-likeness (QED) is 0.628. The second kappa shape index (κ2) is 6.03. The van der Waals surface area contributed by atoms with Gasteiger partial charge in [-0.2, -0.15) is 0 Å². The van der Waals surface area contributed by atoms with Crippen LogP contribution in [0.3, 0.4) is 0 Å². The lowest BCUT2D eigenvalue weighted by atomic mass is 10.0. The molecule has 2 unspecified atom stereocenters. The van der Waals surface area contributed by atoms with Crippen LogP contribution in [0.1, 0.15) is 18.6 Å². The molecule has 0 aliphatic heterocycles.